The van der Waals surface area contributed by atoms with Crippen molar-refractivity contribution in [2.24, 2.45) is 0 Å². The predicted molar refractivity (Wildman–Crippen MR) is 72.5 cm³/mol. The highest BCUT2D eigenvalue weighted by Crippen LogP contribution is 2.02. The van der Waals surface area contributed by atoms with Gasteiger partial charge in [-0.15, -0.1) is 0 Å². The molecule has 0 aromatic carbocycles. The second kappa shape index (κ2) is 10.3. The molecule has 0 saturated carbocycles. The number of nitrogens with one attached hydrogen (secondary N) is 2. The SMILES string of the molecule is CC(C)(C)OC=O.OCCCNC1CCNCC1. The first-order valence-corrected chi connectivity index (χ1v) is 6.66. The fourth-order valence-corrected chi connectivity index (χ4v) is 1.56. The van der Waals surface area contributed by atoms with Gasteiger partial charge in [-0.25, -0.2) is 0 Å². The first kappa shape index (κ1) is 17.4. The summed E-state index contributed by atoms with van der Waals surface area (Å²) in [5, 5.41) is 15.3. The average molecular weight is 260 g/mol. The molecule has 0 aliphatic carbocycles. The van der Waals surface area contributed by atoms with Crippen LogP contribution < -0.4 is 10.6 Å². The molecule has 1 saturated heterocycles. The minimum Gasteiger partial charge on any atom is -0.462 e. The fourth-order valence-electron chi connectivity index (χ4n) is 1.56. The maximum atomic E-state index is 9.60. The van der Waals surface area contributed by atoms with Crippen molar-refractivity contribution in [3.63, 3.8) is 0 Å². The molecule has 5 heteroatoms. The minimum absolute atomic E-state index is 0.304. The molecule has 1 rings (SSSR count). The van der Waals surface area contributed by atoms with Gasteiger partial charge in [0, 0.05) is 12.6 Å². The molecule has 1 aliphatic rings. The zero-order valence-corrected chi connectivity index (χ0v) is 11.9. The van der Waals surface area contributed by atoms with E-state index in [1.54, 1.807) is 0 Å². The van der Waals surface area contributed by atoms with E-state index in [0.717, 1.165) is 26.1 Å². The smallest absolute Gasteiger partial charge is 0.293 e. The summed E-state index contributed by atoms with van der Waals surface area (Å²) < 4.78 is 4.55. The third-order valence-electron chi connectivity index (χ3n) is 2.51. The summed E-state index contributed by atoms with van der Waals surface area (Å²) in [6.45, 7) is 9.46. The van der Waals surface area contributed by atoms with E-state index in [2.05, 4.69) is 15.4 Å². The van der Waals surface area contributed by atoms with Crippen LogP contribution in [-0.2, 0) is 9.53 Å². The number of carbonyl (C=O) groups excluding carboxylic acids is 1. The monoisotopic (exact) mass is 260 g/mol. The molecule has 5 nitrogen and oxygen atoms in total. The molecule has 0 aromatic rings. The van der Waals surface area contributed by atoms with Gasteiger partial charge in [0.15, 0.2) is 0 Å². The number of ether oxygens (including phenoxy) is 1. The summed E-state index contributed by atoms with van der Waals surface area (Å²) in [4.78, 5) is 9.60. The number of hydrogen-bond donors (Lipinski definition) is 3. The lowest BCUT2D eigenvalue weighted by molar-refractivity contribution is -0.138. The van der Waals surface area contributed by atoms with E-state index >= 15 is 0 Å². The molecule has 0 atom stereocenters. The van der Waals surface area contributed by atoms with E-state index in [-0.39, 0.29) is 5.60 Å². The van der Waals surface area contributed by atoms with Crippen molar-refractivity contribution in [1.82, 2.24) is 10.6 Å². The molecular weight excluding hydrogens is 232 g/mol. The van der Waals surface area contributed by atoms with Gasteiger partial charge in [0.2, 0.25) is 0 Å². The van der Waals surface area contributed by atoms with Gasteiger partial charge in [-0.2, -0.15) is 0 Å². The van der Waals surface area contributed by atoms with Crippen molar-refractivity contribution < 1.29 is 14.6 Å². The predicted octanol–water partition coefficient (Wildman–Crippen LogP) is 0.668. The van der Waals surface area contributed by atoms with Crippen LogP contribution in [0.2, 0.25) is 0 Å². The summed E-state index contributed by atoms with van der Waals surface area (Å²) in [5.41, 5.74) is -0.318. The van der Waals surface area contributed by atoms with Crippen molar-refractivity contribution in [2.45, 2.75) is 51.7 Å². The van der Waals surface area contributed by atoms with E-state index in [9.17, 15) is 4.79 Å². The molecule has 108 valence electrons. The van der Waals surface area contributed by atoms with E-state index in [1.807, 2.05) is 20.8 Å². The van der Waals surface area contributed by atoms with Crippen molar-refractivity contribution >= 4 is 6.47 Å². The van der Waals surface area contributed by atoms with Crippen LogP contribution in [0.3, 0.4) is 0 Å². The summed E-state index contributed by atoms with van der Waals surface area (Å²) >= 11 is 0. The number of aliphatic hydroxyl groups is 1. The second-order valence-electron chi connectivity index (χ2n) is 5.38. The van der Waals surface area contributed by atoms with Gasteiger partial charge < -0.3 is 20.5 Å². The summed E-state index contributed by atoms with van der Waals surface area (Å²) in [5.74, 6) is 0. The second-order valence-corrected chi connectivity index (χ2v) is 5.38. The lowest BCUT2D eigenvalue weighted by Crippen LogP contribution is -2.40. The first-order chi connectivity index (χ1) is 8.49. The van der Waals surface area contributed by atoms with Gasteiger partial charge in [-0.3, -0.25) is 4.79 Å². The number of carbonyl (C=O) groups is 1. The summed E-state index contributed by atoms with van der Waals surface area (Å²) in [6.07, 6.45) is 3.33. The topological polar surface area (TPSA) is 70.6 Å². The van der Waals surface area contributed by atoms with Crippen LogP contribution in [0.25, 0.3) is 0 Å². The maximum absolute atomic E-state index is 9.60. The Balaban J connectivity index is 0.000000360. The van der Waals surface area contributed by atoms with E-state index in [4.69, 9.17) is 5.11 Å². The Bertz CT molecular complexity index is 199. The Hall–Kier alpha value is -0.650. The lowest BCUT2D eigenvalue weighted by atomic mass is 10.1. The van der Waals surface area contributed by atoms with E-state index in [1.165, 1.54) is 12.8 Å². The first-order valence-electron chi connectivity index (χ1n) is 6.66. The lowest BCUT2D eigenvalue weighted by Gasteiger charge is -2.23. The van der Waals surface area contributed by atoms with Gasteiger partial charge in [-0.1, -0.05) is 0 Å². The Kier molecular flexibility index (Phi) is 9.92. The van der Waals surface area contributed by atoms with Gasteiger partial charge in [0.05, 0.1) is 0 Å². The van der Waals surface area contributed by atoms with Crippen molar-refractivity contribution in [3.05, 3.63) is 0 Å². The zero-order chi connectivity index (χ0) is 13.9. The van der Waals surface area contributed by atoms with E-state index in [0.29, 0.717) is 19.1 Å². The highest BCUT2D eigenvalue weighted by molar-refractivity contribution is 5.37. The van der Waals surface area contributed by atoms with Crippen molar-refractivity contribution in [1.29, 1.82) is 0 Å². The maximum Gasteiger partial charge on any atom is 0.293 e. The Morgan fingerprint density at radius 1 is 1.39 bits per heavy atom. The van der Waals surface area contributed by atoms with Crippen LogP contribution in [0, 0.1) is 0 Å². The van der Waals surface area contributed by atoms with Crippen LogP contribution in [0.15, 0.2) is 0 Å². The highest BCUT2D eigenvalue weighted by atomic mass is 16.5. The Labute approximate surface area is 110 Å². The number of hydrogen-bond acceptors (Lipinski definition) is 5. The largest absolute Gasteiger partial charge is 0.462 e. The molecule has 0 spiro atoms. The van der Waals surface area contributed by atoms with Crippen molar-refractivity contribution in [3.8, 4) is 0 Å². The Morgan fingerprint density at radius 2 is 2.00 bits per heavy atom. The molecule has 0 bridgehead atoms. The standard InChI is InChI=1S/C8H18N2O.C5H10O2/c11-7-1-4-10-8-2-5-9-6-3-8;1-5(2,3)7-4-6/h8-11H,1-7H2;4H,1-3H3. The van der Waals surface area contributed by atoms with Crippen LogP contribution in [-0.4, -0.2) is 49.5 Å². The minimum atomic E-state index is -0.318. The highest BCUT2D eigenvalue weighted by Gasteiger charge is 2.10. The van der Waals surface area contributed by atoms with Crippen LogP contribution in [0.5, 0.6) is 0 Å². The molecular formula is C13H28N2O3. The molecule has 0 aromatic heterocycles. The normalized spacial score (nSPS) is 16.7. The molecule has 1 heterocycles. The zero-order valence-electron chi connectivity index (χ0n) is 11.9. The number of rotatable bonds is 5. The number of piperidine rings is 1. The molecule has 0 amide bonds. The molecule has 3 N–H and O–H groups in total. The van der Waals surface area contributed by atoms with Gasteiger partial charge in [0.25, 0.3) is 6.47 Å². The molecule has 18 heavy (non-hydrogen) atoms. The third kappa shape index (κ3) is 11.8. The number of aliphatic hydroxyl groups excluding tert-OH is 1. The molecule has 0 radical (unpaired) electrons. The van der Waals surface area contributed by atoms with Crippen LogP contribution in [0.1, 0.15) is 40.0 Å². The molecule has 1 aliphatic heterocycles. The fraction of sp³-hybridized carbons (Fsp3) is 0.923. The summed E-state index contributed by atoms with van der Waals surface area (Å²) in [7, 11) is 0. The Morgan fingerprint density at radius 3 is 2.39 bits per heavy atom. The molecule has 0 unspecified atom stereocenters. The van der Waals surface area contributed by atoms with E-state index < -0.39 is 0 Å². The quantitative estimate of drug-likeness (QED) is 0.500. The third-order valence-corrected chi connectivity index (χ3v) is 2.51. The molecule has 1 fully saturated rings. The van der Waals surface area contributed by atoms with Crippen LogP contribution in [0.4, 0.5) is 0 Å². The van der Waals surface area contributed by atoms with Gasteiger partial charge in [-0.05, 0) is 59.7 Å². The van der Waals surface area contributed by atoms with Gasteiger partial charge >= 0.3 is 0 Å². The van der Waals surface area contributed by atoms with Crippen LogP contribution >= 0.6 is 0 Å². The van der Waals surface area contributed by atoms with Gasteiger partial charge in [0.1, 0.15) is 5.60 Å². The average Bonchev–Trinajstić information content (AvgIpc) is 2.30. The summed E-state index contributed by atoms with van der Waals surface area (Å²) in [6, 6.07) is 0.683. The van der Waals surface area contributed by atoms with Crippen molar-refractivity contribution in [2.75, 3.05) is 26.2 Å².